The predicted molar refractivity (Wildman–Crippen MR) is 69.9 cm³/mol. The van der Waals surface area contributed by atoms with Gasteiger partial charge in [-0.05, 0) is 17.9 Å². The lowest BCUT2D eigenvalue weighted by atomic mass is 10.3. The topological polar surface area (TPSA) is 64.1 Å². The summed E-state index contributed by atoms with van der Waals surface area (Å²) in [5.74, 6) is 0.0719. The molecule has 5 nitrogen and oxygen atoms in total. The molecule has 0 spiro atoms. The molecule has 0 aromatic carbocycles. The molecule has 94 valence electrons. The monoisotopic (exact) mass is 263 g/mol. The van der Waals surface area contributed by atoms with Gasteiger partial charge in [0.1, 0.15) is 17.7 Å². The largest absolute Gasteiger partial charge is 0.465 e. The third-order valence-corrected chi connectivity index (χ3v) is 3.30. The van der Waals surface area contributed by atoms with Gasteiger partial charge >= 0.3 is 5.97 Å². The van der Waals surface area contributed by atoms with Crippen LogP contribution in [0.15, 0.2) is 30.0 Å². The number of thiophene rings is 1. The maximum absolute atomic E-state index is 11.5. The maximum atomic E-state index is 11.5. The zero-order chi connectivity index (χ0) is 12.8. The van der Waals surface area contributed by atoms with E-state index in [-0.39, 0.29) is 0 Å². The van der Waals surface area contributed by atoms with Gasteiger partial charge in [0.15, 0.2) is 0 Å². The lowest BCUT2D eigenvalue weighted by molar-refractivity contribution is 0.0601. The number of methoxy groups -OCH3 is 1. The Labute approximate surface area is 109 Å². The van der Waals surface area contributed by atoms with Crippen molar-refractivity contribution >= 4 is 23.1 Å². The van der Waals surface area contributed by atoms with E-state index in [9.17, 15) is 4.79 Å². The molecule has 1 N–H and O–H groups in total. The van der Waals surface area contributed by atoms with Gasteiger partial charge < -0.3 is 10.1 Å². The first kappa shape index (κ1) is 12.5. The van der Waals surface area contributed by atoms with Gasteiger partial charge in [-0.25, -0.2) is 14.8 Å². The summed E-state index contributed by atoms with van der Waals surface area (Å²) in [4.78, 5) is 20.6. The number of anilines is 1. The first-order valence-electron chi connectivity index (χ1n) is 5.46. The van der Waals surface area contributed by atoms with Gasteiger partial charge in [0.2, 0.25) is 0 Å². The van der Waals surface area contributed by atoms with Gasteiger partial charge in [0.05, 0.1) is 7.11 Å². The highest BCUT2D eigenvalue weighted by Crippen LogP contribution is 2.13. The van der Waals surface area contributed by atoms with Crippen molar-refractivity contribution in [2.75, 3.05) is 19.0 Å². The van der Waals surface area contributed by atoms with E-state index in [2.05, 4.69) is 26.1 Å². The van der Waals surface area contributed by atoms with E-state index in [4.69, 9.17) is 0 Å². The molecule has 0 fully saturated rings. The van der Waals surface area contributed by atoms with E-state index < -0.39 is 5.97 Å². The molecule has 0 saturated carbocycles. The van der Waals surface area contributed by atoms with Crippen LogP contribution in [0.5, 0.6) is 0 Å². The summed E-state index contributed by atoms with van der Waals surface area (Å²) in [6.45, 7) is 0.710. The van der Waals surface area contributed by atoms with E-state index in [0.29, 0.717) is 17.9 Å². The van der Waals surface area contributed by atoms with Crippen molar-refractivity contribution in [2.24, 2.45) is 0 Å². The summed E-state index contributed by atoms with van der Waals surface area (Å²) in [6, 6.07) is 4.10. The normalized spacial score (nSPS) is 10.1. The third kappa shape index (κ3) is 3.04. The van der Waals surface area contributed by atoms with Crippen LogP contribution in [0.25, 0.3) is 0 Å². The van der Waals surface area contributed by atoms with Gasteiger partial charge in [-0.3, -0.25) is 0 Å². The second-order valence-corrected chi connectivity index (χ2v) is 4.56. The van der Waals surface area contributed by atoms with Crippen molar-refractivity contribution in [1.82, 2.24) is 9.97 Å². The van der Waals surface area contributed by atoms with Gasteiger partial charge in [-0.15, -0.1) is 11.3 Å². The van der Waals surface area contributed by atoms with Crippen molar-refractivity contribution in [3.05, 3.63) is 40.5 Å². The van der Waals surface area contributed by atoms with Crippen molar-refractivity contribution in [3.8, 4) is 0 Å². The number of hydrogen-bond acceptors (Lipinski definition) is 6. The minimum Gasteiger partial charge on any atom is -0.465 e. The highest BCUT2D eigenvalue weighted by molar-refractivity contribution is 7.09. The second-order valence-electron chi connectivity index (χ2n) is 3.53. The van der Waals surface area contributed by atoms with Gasteiger partial charge in [0.25, 0.3) is 0 Å². The Morgan fingerprint density at radius 2 is 2.44 bits per heavy atom. The fourth-order valence-electron chi connectivity index (χ4n) is 1.49. The fraction of sp³-hybridized carbons (Fsp3) is 0.250. The van der Waals surface area contributed by atoms with E-state index in [0.717, 1.165) is 6.42 Å². The Bertz CT molecular complexity index is 514. The maximum Gasteiger partial charge on any atom is 0.343 e. The molecule has 0 saturated heterocycles. The minimum atomic E-state index is -0.436. The average molecular weight is 263 g/mol. The number of carbonyl (C=O) groups is 1. The number of carbonyl (C=O) groups excluding carboxylic acids is 1. The van der Waals surface area contributed by atoms with Crippen LogP contribution in [-0.2, 0) is 11.2 Å². The molecule has 0 amide bonds. The van der Waals surface area contributed by atoms with Crippen LogP contribution in [0, 0.1) is 0 Å². The molecule has 0 aliphatic carbocycles. The molecule has 6 heteroatoms. The van der Waals surface area contributed by atoms with E-state index in [1.165, 1.54) is 24.5 Å². The van der Waals surface area contributed by atoms with Crippen LogP contribution in [0.1, 0.15) is 15.2 Å². The van der Waals surface area contributed by atoms with Gasteiger partial charge in [0, 0.05) is 17.6 Å². The lowest BCUT2D eigenvalue weighted by Crippen LogP contribution is -2.12. The number of esters is 1. The number of aromatic nitrogens is 2. The Kier molecular flexibility index (Phi) is 4.25. The van der Waals surface area contributed by atoms with Gasteiger partial charge in [-0.1, -0.05) is 6.07 Å². The standard InChI is InChI=1S/C12H13N3O2S/c1-17-12(16)10-7-13-8-15-11(10)14-5-4-9-3-2-6-18-9/h2-3,6-8H,4-5H2,1H3,(H,13,14,15). The first-order chi connectivity index (χ1) is 8.81. The summed E-state index contributed by atoms with van der Waals surface area (Å²) in [7, 11) is 1.34. The summed E-state index contributed by atoms with van der Waals surface area (Å²) >= 11 is 1.71. The lowest BCUT2D eigenvalue weighted by Gasteiger charge is -2.08. The first-order valence-corrected chi connectivity index (χ1v) is 6.34. The van der Waals surface area contributed by atoms with Crippen molar-refractivity contribution in [2.45, 2.75) is 6.42 Å². The van der Waals surface area contributed by atoms with Crippen LogP contribution in [-0.4, -0.2) is 29.6 Å². The van der Waals surface area contributed by atoms with Gasteiger partial charge in [-0.2, -0.15) is 0 Å². The molecule has 0 aliphatic heterocycles. The molecular weight excluding hydrogens is 250 g/mol. The summed E-state index contributed by atoms with van der Waals surface area (Å²) in [6.07, 6.45) is 3.74. The van der Waals surface area contributed by atoms with E-state index in [1.807, 2.05) is 11.4 Å². The Morgan fingerprint density at radius 3 is 3.17 bits per heavy atom. The fourth-order valence-corrected chi connectivity index (χ4v) is 2.20. The zero-order valence-corrected chi connectivity index (χ0v) is 10.7. The second kappa shape index (κ2) is 6.11. The average Bonchev–Trinajstić information content (AvgIpc) is 2.92. The molecule has 0 bridgehead atoms. The summed E-state index contributed by atoms with van der Waals surface area (Å²) in [5, 5.41) is 5.16. The highest BCUT2D eigenvalue weighted by atomic mass is 32.1. The third-order valence-electron chi connectivity index (χ3n) is 2.36. The quantitative estimate of drug-likeness (QED) is 0.836. The molecule has 0 aliphatic rings. The molecule has 0 unspecified atom stereocenters. The van der Waals surface area contributed by atoms with Crippen LogP contribution >= 0.6 is 11.3 Å². The number of hydrogen-bond donors (Lipinski definition) is 1. The van der Waals surface area contributed by atoms with Crippen LogP contribution < -0.4 is 5.32 Å². The summed E-state index contributed by atoms with van der Waals surface area (Å²) in [5.41, 5.74) is 0.353. The van der Waals surface area contributed by atoms with Crippen molar-refractivity contribution in [1.29, 1.82) is 0 Å². The van der Waals surface area contributed by atoms with Crippen LogP contribution in [0.3, 0.4) is 0 Å². The van der Waals surface area contributed by atoms with Crippen molar-refractivity contribution < 1.29 is 9.53 Å². The van der Waals surface area contributed by atoms with Crippen molar-refractivity contribution in [3.63, 3.8) is 0 Å². The molecular formula is C12H13N3O2S. The zero-order valence-electron chi connectivity index (χ0n) is 9.92. The van der Waals surface area contributed by atoms with E-state index >= 15 is 0 Å². The molecule has 0 radical (unpaired) electrons. The number of ether oxygens (including phenoxy) is 1. The van der Waals surface area contributed by atoms with E-state index in [1.54, 1.807) is 11.3 Å². The number of nitrogens with zero attached hydrogens (tertiary/aromatic N) is 2. The Morgan fingerprint density at radius 1 is 1.56 bits per heavy atom. The molecule has 2 aromatic rings. The molecule has 0 atom stereocenters. The number of nitrogens with one attached hydrogen (secondary N) is 1. The molecule has 18 heavy (non-hydrogen) atoms. The molecule has 2 heterocycles. The Hall–Kier alpha value is -1.95. The molecule has 2 rings (SSSR count). The predicted octanol–water partition coefficient (Wildman–Crippen LogP) is 1.98. The summed E-state index contributed by atoms with van der Waals surface area (Å²) < 4.78 is 4.67. The number of rotatable bonds is 5. The SMILES string of the molecule is COC(=O)c1cncnc1NCCc1cccs1. The van der Waals surface area contributed by atoms with Crippen LogP contribution in [0.4, 0.5) is 5.82 Å². The minimum absolute atomic E-state index is 0.353. The Balaban J connectivity index is 1.98. The smallest absolute Gasteiger partial charge is 0.343 e. The molecule has 2 aromatic heterocycles. The highest BCUT2D eigenvalue weighted by Gasteiger charge is 2.12. The van der Waals surface area contributed by atoms with Crippen LogP contribution in [0.2, 0.25) is 0 Å².